The summed E-state index contributed by atoms with van der Waals surface area (Å²) in [6.07, 6.45) is 6.67. The van der Waals surface area contributed by atoms with Gasteiger partial charge in [0.1, 0.15) is 12.2 Å². The topological polar surface area (TPSA) is 65.5 Å². The normalized spacial score (nSPS) is 38.9. The Morgan fingerprint density at radius 3 is 2.88 bits per heavy atom. The molecule has 2 heterocycles. The van der Waals surface area contributed by atoms with Crippen LogP contribution in [0, 0.1) is 23.2 Å². The van der Waals surface area contributed by atoms with Crippen molar-refractivity contribution in [3.63, 3.8) is 0 Å². The van der Waals surface area contributed by atoms with E-state index in [4.69, 9.17) is 9.47 Å². The van der Waals surface area contributed by atoms with Crippen LogP contribution >= 0.6 is 0 Å². The van der Waals surface area contributed by atoms with E-state index in [1.54, 1.807) is 18.3 Å². The molecule has 3 fully saturated rings. The first-order chi connectivity index (χ1) is 12.4. The number of esters is 2. The second kappa shape index (κ2) is 6.22. The summed E-state index contributed by atoms with van der Waals surface area (Å²) in [6, 6.07) is 3.44. The highest BCUT2D eigenvalue weighted by atomic mass is 16.6. The van der Waals surface area contributed by atoms with Gasteiger partial charge in [0.15, 0.2) is 0 Å². The second-order valence-electron chi connectivity index (χ2n) is 8.30. The fraction of sp³-hybridized carbons (Fsp3) is 0.571. The van der Waals surface area contributed by atoms with Crippen LogP contribution in [0.25, 0.3) is 0 Å². The van der Waals surface area contributed by atoms with Crippen LogP contribution in [0.15, 0.2) is 36.7 Å². The Labute approximate surface area is 153 Å². The molecule has 1 aliphatic heterocycles. The molecule has 0 spiro atoms. The van der Waals surface area contributed by atoms with Gasteiger partial charge in [0.2, 0.25) is 0 Å². The maximum Gasteiger partial charge on any atom is 0.339 e. The molecule has 2 aliphatic carbocycles. The molecule has 2 saturated carbocycles. The van der Waals surface area contributed by atoms with Crippen LogP contribution < -0.4 is 0 Å². The van der Waals surface area contributed by atoms with E-state index >= 15 is 0 Å². The molecule has 0 bridgehead atoms. The Morgan fingerprint density at radius 1 is 1.38 bits per heavy atom. The molecule has 5 heteroatoms. The van der Waals surface area contributed by atoms with Gasteiger partial charge in [-0.1, -0.05) is 20.4 Å². The number of ether oxygens (including phenoxy) is 2. The zero-order valence-corrected chi connectivity index (χ0v) is 15.3. The summed E-state index contributed by atoms with van der Waals surface area (Å²) >= 11 is 0. The van der Waals surface area contributed by atoms with Crippen LogP contribution in [0.1, 0.15) is 49.9 Å². The maximum absolute atomic E-state index is 12.5. The van der Waals surface area contributed by atoms with Crippen molar-refractivity contribution in [1.82, 2.24) is 4.98 Å². The zero-order valence-electron chi connectivity index (χ0n) is 15.3. The minimum Gasteiger partial charge on any atom is -0.458 e. The minimum atomic E-state index is -0.335. The molecule has 1 saturated heterocycles. The molecule has 1 aromatic rings. The fourth-order valence-electron chi connectivity index (χ4n) is 5.39. The van der Waals surface area contributed by atoms with Gasteiger partial charge in [-0.15, -0.1) is 0 Å². The predicted octanol–water partition coefficient (Wildman–Crippen LogP) is 3.55. The number of pyridine rings is 1. The highest BCUT2D eigenvalue weighted by molar-refractivity contribution is 5.91. The molecule has 0 radical (unpaired) electrons. The third-order valence-corrected chi connectivity index (χ3v) is 6.84. The molecule has 26 heavy (non-hydrogen) atoms. The van der Waals surface area contributed by atoms with Crippen molar-refractivity contribution in [3.05, 3.63) is 42.2 Å². The molecule has 5 nitrogen and oxygen atoms in total. The van der Waals surface area contributed by atoms with Gasteiger partial charge in [-0.05, 0) is 43.2 Å². The van der Waals surface area contributed by atoms with E-state index in [2.05, 4.69) is 25.4 Å². The summed E-state index contributed by atoms with van der Waals surface area (Å²) < 4.78 is 11.6. The number of hydrogen-bond acceptors (Lipinski definition) is 5. The number of carbonyl (C=O) groups excluding carboxylic acids is 2. The van der Waals surface area contributed by atoms with E-state index in [1.165, 1.54) is 6.20 Å². The SMILES string of the molecule is C=C1C(=O)OC2C1CCC1(C)CCC(OC(=O)c3cccnc3)C(C)C21. The van der Waals surface area contributed by atoms with E-state index in [1.807, 2.05) is 0 Å². The summed E-state index contributed by atoms with van der Waals surface area (Å²) in [5, 5.41) is 0. The predicted molar refractivity (Wildman–Crippen MR) is 95.2 cm³/mol. The van der Waals surface area contributed by atoms with Crippen molar-refractivity contribution in [1.29, 1.82) is 0 Å². The van der Waals surface area contributed by atoms with E-state index in [0.29, 0.717) is 11.1 Å². The smallest absolute Gasteiger partial charge is 0.339 e. The summed E-state index contributed by atoms with van der Waals surface area (Å²) in [5.41, 5.74) is 1.19. The van der Waals surface area contributed by atoms with Crippen LogP contribution in [-0.2, 0) is 14.3 Å². The molecule has 0 N–H and O–H groups in total. The molecule has 6 atom stereocenters. The summed E-state index contributed by atoms with van der Waals surface area (Å²) in [4.78, 5) is 28.5. The van der Waals surface area contributed by atoms with Crippen molar-refractivity contribution in [2.24, 2.45) is 23.2 Å². The van der Waals surface area contributed by atoms with Crippen LogP contribution in [0.4, 0.5) is 0 Å². The highest BCUT2D eigenvalue weighted by Gasteiger charge is 2.58. The summed E-state index contributed by atoms with van der Waals surface area (Å²) in [5.74, 6) is -0.175. The van der Waals surface area contributed by atoms with Gasteiger partial charge in [-0.2, -0.15) is 0 Å². The van der Waals surface area contributed by atoms with E-state index in [0.717, 1.165) is 25.7 Å². The van der Waals surface area contributed by atoms with Crippen molar-refractivity contribution in [2.45, 2.75) is 51.7 Å². The number of carbonyl (C=O) groups is 2. The fourth-order valence-corrected chi connectivity index (χ4v) is 5.39. The molecule has 3 aliphatic rings. The Hall–Kier alpha value is -2.17. The van der Waals surface area contributed by atoms with Gasteiger partial charge in [0.25, 0.3) is 0 Å². The largest absolute Gasteiger partial charge is 0.458 e. The van der Waals surface area contributed by atoms with Crippen LogP contribution in [-0.4, -0.2) is 29.1 Å². The Kier molecular flexibility index (Phi) is 4.13. The number of aromatic nitrogens is 1. The lowest BCUT2D eigenvalue weighted by Crippen LogP contribution is -2.53. The van der Waals surface area contributed by atoms with Crippen molar-refractivity contribution in [3.8, 4) is 0 Å². The molecule has 0 amide bonds. The number of hydrogen-bond donors (Lipinski definition) is 0. The first-order valence-corrected chi connectivity index (χ1v) is 9.41. The first-order valence-electron chi connectivity index (χ1n) is 9.41. The molecular formula is C21H25NO4. The lowest BCUT2D eigenvalue weighted by Gasteiger charge is -2.54. The average Bonchev–Trinajstić information content (AvgIpc) is 2.92. The van der Waals surface area contributed by atoms with Gasteiger partial charge < -0.3 is 9.47 Å². The molecule has 0 aromatic carbocycles. The zero-order chi connectivity index (χ0) is 18.5. The Morgan fingerprint density at radius 2 is 2.15 bits per heavy atom. The Balaban J connectivity index is 1.55. The quantitative estimate of drug-likeness (QED) is 0.599. The molecule has 4 rings (SSSR count). The summed E-state index contributed by atoms with van der Waals surface area (Å²) in [6.45, 7) is 8.36. The number of rotatable bonds is 2. The highest BCUT2D eigenvalue weighted by Crippen LogP contribution is 2.58. The van der Waals surface area contributed by atoms with Gasteiger partial charge in [0.05, 0.1) is 5.56 Å². The standard InChI is InChI=1S/C21H25NO4/c1-12-15-6-8-21(3)9-7-16(13(2)17(21)18(15)26-19(12)23)25-20(24)14-5-4-10-22-11-14/h4-5,10-11,13,15-18H,1,6-9H2,2-3H3. The van der Waals surface area contributed by atoms with Crippen LogP contribution in [0.3, 0.4) is 0 Å². The first kappa shape index (κ1) is 17.3. The monoisotopic (exact) mass is 355 g/mol. The van der Waals surface area contributed by atoms with E-state index in [9.17, 15) is 9.59 Å². The van der Waals surface area contributed by atoms with Gasteiger partial charge in [-0.25, -0.2) is 9.59 Å². The molecule has 138 valence electrons. The lowest BCUT2D eigenvalue weighted by atomic mass is 9.53. The second-order valence-corrected chi connectivity index (χ2v) is 8.30. The number of nitrogens with zero attached hydrogens (tertiary/aromatic N) is 1. The molecular weight excluding hydrogens is 330 g/mol. The molecule has 6 unspecified atom stereocenters. The van der Waals surface area contributed by atoms with Crippen LogP contribution in [0.2, 0.25) is 0 Å². The van der Waals surface area contributed by atoms with Crippen molar-refractivity contribution >= 4 is 11.9 Å². The van der Waals surface area contributed by atoms with Crippen molar-refractivity contribution < 1.29 is 19.1 Å². The average molecular weight is 355 g/mol. The van der Waals surface area contributed by atoms with Crippen molar-refractivity contribution in [2.75, 3.05) is 0 Å². The number of fused-ring (bicyclic) bond motifs is 3. The third-order valence-electron chi connectivity index (χ3n) is 6.84. The maximum atomic E-state index is 12.5. The van der Waals surface area contributed by atoms with Crippen LogP contribution in [0.5, 0.6) is 0 Å². The summed E-state index contributed by atoms with van der Waals surface area (Å²) in [7, 11) is 0. The third kappa shape index (κ3) is 2.65. The van der Waals surface area contributed by atoms with Gasteiger partial charge in [-0.3, -0.25) is 4.98 Å². The van der Waals surface area contributed by atoms with E-state index in [-0.39, 0.29) is 47.3 Å². The van der Waals surface area contributed by atoms with Gasteiger partial charge in [0, 0.05) is 35.7 Å². The van der Waals surface area contributed by atoms with E-state index < -0.39 is 0 Å². The Bertz CT molecular complexity index is 746. The minimum absolute atomic E-state index is 0.107. The lowest BCUT2D eigenvalue weighted by molar-refractivity contribution is -0.159. The molecule has 1 aromatic heterocycles. The van der Waals surface area contributed by atoms with Gasteiger partial charge >= 0.3 is 11.9 Å².